The van der Waals surface area contributed by atoms with Crippen molar-refractivity contribution in [1.82, 2.24) is 9.71 Å². The number of pyridine rings is 1. The van der Waals surface area contributed by atoms with Crippen molar-refractivity contribution in [2.45, 2.75) is 23.2 Å². The van der Waals surface area contributed by atoms with Crippen LogP contribution in [0.25, 0.3) is 0 Å². The highest BCUT2D eigenvalue weighted by Gasteiger charge is 2.45. The van der Waals surface area contributed by atoms with Gasteiger partial charge in [0, 0.05) is 22.9 Å². The summed E-state index contributed by atoms with van der Waals surface area (Å²) >= 11 is 0. The molecule has 0 spiro atoms. The number of amidine groups is 1. The SMILES string of the molecule is O=S1(=O)NC(=NCC2(c3ccccn3)CC2)c2ccccc21. The standard InChI is InChI=1S/C16H15N3O2S/c20-22(21)13-6-2-1-5-12(13)15(19-22)18-11-16(8-9-16)14-7-3-4-10-17-14/h1-7,10H,8-9,11H2,(H,18,19). The second kappa shape index (κ2) is 4.64. The molecule has 0 amide bonds. The summed E-state index contributed by atoms with van der Waals surface area (Å²) in [7, 11) is -3.46. The topological polar surface area (TPSA) is 71.4 Å². The number of rotatable bonds is 3. The Morgan fingerprint density at radius 3 is 2.64 bits per heavy atom. The lowest BCUT2D eigenvalue weighted by Gasteiger charge is -2.11. The molecule has 0 atom stereocenters. The average molecular weight is 313 g/mol. The van der Waals surface area contributed by atoms with Gasteiger partial charge in [0.2, 0.25) is 0 Å². The Hall–Kier alpha value is -2.21. The first-order valence-electron chi connectivity index (χ1n) is 7.19. The molecule has 112 valence electrons. The van der Waals surface area contributed by atoms with E-state index in [4.69, 9.17) is 0 Å². The second-order valence-corrected chi connectivity index (χ2v) is 7.41. The van der Waals surface area contributed by atoms with Crippen LogP contribution in [0.5, 0.6) is 0 Å². The number of hydrogen-bond donors (Lipinski definition) is 1. The predicted molar refractivity (Wildman–Crippen MR) is 83.3 cm³/mol. The van der Waals surface area contributed by atoms with Crippen molar-refractivity contribution in [2.24, 2.45) is 4.99 Å². The molecule has 2 aromatic rings. The Labute approximate surface area is 129 Å². The first kappa shape index (κ1) is 13.5. The molecule has 0 unspecified atom stereocenters. The van der Waals surface area contributed by atoms with Crippen LogP contribution in [0.15, 0.2) is 58.5 Å². The minimum Gasteiger partial charge on any atom is -0.266 e. The van der Waals surface area contributed by atoms with Crippen molar-refractivity contribution in [3.8, 4) is 0 Å². The Morgan fingerprint density at radius 1 is 1.14 bits per heavy atom. The van der Waals surface area contributed by atoms with Crippen molar-refractivity contribution < 1.29 is 8.42 Å². The summed E-state index contributed by atoms with van der Waals surface area (Å²) in [6.07, 6.45) is 3.86. The number of nitrogens with one attached hydrogen (secondary N) is 1. The Kier molecular flexibility index (Phi) is 2.84. The van der Waals surface area contributed by atoms with Crippen molar-refractivity contribution in [3.63, 3.8) is 0 Å². The number of sulfonamides is 1. The molecule has 1 N–H and O–H groups in total. The molecule has 1 fully saturated rings. The maximum atomic E-state index is 12.1. The van der Waals surface area contributed by atoms with Gasteiger partial charge in [-0.2, -0.15) is 0 Å². The van der Waals surface area contributed by atoms with Crippen LogP contribution in [0.2, 0.25) is 0 Å². The fourth-order valence-corrected chi connectivity index (χ4v) is 4.06. The zero-order chi connectivity index (χ0) is 15.2. The lowest BCUT2D eigenvalue weighted by atomic mass is 10.0. The molecule has 1 aliphatic carbocycles. The van der Waals surface area contributed by atoms with E-state index in [2.05, 4.69) is 14.7 Å². The van der Waals surface area contributed by atoms with Crippen LogP contribution in [-0.4, -0.2) is 25.8 Å². The first-order chi connectivity index (χ1) is 10.6. The Balaban J connectivity index is 1.66. The van der Waals surface area contributed by atoms with Gasteiger partial charge in [-0.05, 0) is 37.1 Å². The van der Waals surface area contributed by atoms with Gasteiger partial charge in [-0.3, -0.25) is 14.7 Å². The van der Waals surface area contributed by atoms with Crippen LogP contribution >= 0.6 is 0 Å². The number of aromatic nitrogens is 1. The van der Waals surface area contributed by atoms with Crippen LogP contribution in [-0.2, 0) is 15.4 Å². The van der Waals surface area contributed by atoms with Gasteiger partial charge in [0.05, 0.1) is 11.4 Å². The van der Waals surface area contributed by atoms with Crippen LogP contribution < -0.4 is 4.72 Å². The summed E-state index contributed by atoms with van der Waals surface area (Å²) in [5.74, 6) is 0.442. The van der Waals surface area contributed by atoms with E-state index in [1.54, 1.807) is 24.4 Å². The van der Waals surface area contributed by atoms with Crippen molar-refractivity contribution >= 4 is 15.9 Å². The van der Waals surface area contributed by atoms with Gasteiger partial charge in [-0.15, -0.1) is 0 Å². The highest BCUT2D eigenvalue weighted by molar-refractivity contribution is 7.90. The molecule has 1 saturated carbocycles. The largest absolute Gasteiger partial charge is 0.266 e. The van der Waals surface area contributed by atoms with E-state index in [9.17, 15) is 8.42 Å². The zero-order valence-corrected chi connectivity index (χ0v) is 12.7. The van der Waals surface area contributed by atoms with Crippen molar-refractivity contribution in [3.05, 3.63) is 59.9 Å². The van der Waals surface area contributed by atoms with Gasteiger partial charge < -0.3 is 0 Å². The average Bonchev–Trinajstić information content (AvgIpc) is 3.29. The molecule has 4 rings (SSSR count). The summed E-state index contributed by atoms with van der Waals surface area (Å²) in [6, 6.07) is 12.8. The highest BCUT2D eigenvalue weighted by Crippen LogP contribution is 2.47. The van der Waals surface area contributed by atoms with Gasteiger partial charge in [-0.25, -0.2) is 8.42 Å². The quantitative estimate of drug-likeness (QED) is 0.940. The number of fused-ring (bicyclic) bond motifs is 1. The summed E-state index contributed by atoms with van der Waals surface area (Å²) in [5, 5.41) is 0. The van der Waals surface area contributed by atoms with E-state index >= 15 is 0 Å². The molecule has 1 aromatic heterocycles. The number of nitrogens with zero attached hydrogens (tertiary/aromatic N) is 2. The molecule has 2 aliphatic rings. The van der Waals surface area contributed by atoms with Crippen molar-refractivity contribution in [2.75, 3.05) is 6.54 Å². The van der Waals surface area contributed by atoms with Gasteiger partial charge in [-0.1, -0.05) is 18.2 Å². The van der Waals surface area contributed by atoms with E-state index in [0.29, 0.717) is 22.8 Å². The van der Waals surface area contributed by atoms with Crippen LogP contribution in [0.4, 0.5) is 0 Å². The molecular weight excluding hydrogens is 298 g/mol. The maximum absolute atomic E-state index is 12.1. The molecule has 0 radical (unpaired) electrons. The lowest BCUT2D eigenvalue weighted by molar-refractivity contribution is 0.595. The fourth-order valence-electron chi connectivity index (χ4n) is 2.80. The lowest BCUT2D eigenvalue weighted by Crippen LogP contribution is -2.24. The van der Waals surface area contributed by atoms with Gasteiger partial charge in [0.1, 0.15) is 5.84 Å². The fraction of sp³-hybridized carbons (Fsp3) is 0.250. The number of hydrogen-bond acceptors (Lipinski definition) is 4. The van der Waals surface area contributed by atoms with Crippen LogP contribution in [0.1, 0.15) is 24.1 Å². The van der Waals surface area contributed by atoms with Gasteiger partial charge in [0.25, 0.3) is 10.0 Å². The molecule has 2 heterocycles. The molecule has 5 nitrogen and oxygen atoms in total. The summed E-state index contributed by atoms with van der Waals surface area (Å²) < 4.78 is 26.7. The summed E-state index contributed by atoms with van der Waals surface area (Å²) in [4.78, 5) is 9.28. The maximum Gasteiger partial charge on any atom is 0.263 e. The molecule has 1 aromatic carbocycles. The highest BCUT2D eigenvalue weighted by atomic mass is 32.2. The first-order valence-corrected chi connectivity index (χ1v) is 8.67. The summed E-state index contributed by atoms with van der Waals surface area (Å²) in [5.41, 5.74) is 1.66. The minimum atomic E-state index is -3.46. The number of benzene rings is 1. The normalized spacial score (nSPS) is 22.1. The minimum absolute atomic E-state index is 0.0305. The molecule has 0 bridgehead atoms. The number of aliphatic imine (C=N–C) groups is 1. The molecule has 6 heteroatoms. The van der Waals surface area contributed by atoms with E-state index in [1.807, 2.05) is 24.3 Å². The predicted octanol–water partition coefficient (Wildman–Crippen LogP) is 1.85. The molecule has 22 heavy (non-hydrogen) atoms. The zero-order valence-electron chi connectivity index (χ0n) is 11.9. The molecular formula is C16H15N3O2S. The smallest absolute Gasteiger partial charge is 0.263 e. The van der Waals surface area contributed by atoms with Crippen LogP contribution in [0.3, 0.4) is 0 Å². The van der Waals surface area contributed by atoms with E-state index < -0.39 is 10.0 Å². The van der Waals surface area contributed by atoms with E-state index in [1.165, 1.54) is 0 Å². The van der Waals surface area contributed by atoms with Crippen LogP contribution in [0, 0.1) is 0 Å². The third-order valence-electron chi connectivity index (χ3n) is 4.26. The van der Waals surface area contributed by atoms with E-state index in [0.717, 1.165) is 18.5 Å². The Bertz CT molecular complexity index is 856. The second-order valence-electron chi connectivity index (χ2n) is 5.76. The third-order valence-corrected chi connectivity index (χ3v) is 5.66. The monoisotopic (exact) mass is 313 g/mol. The third kappa shape index (κ3) is 2.11. The summed E-state index contributed by atoms with van der Waals surface area (Å²) in [6.45, 7) is 0.552. The molecule has 0 saturated heterocycles. The molecule has 1 aliphatic heterocycles. The Morgan fingerprint density at radius 2 is 1.91 bits per heavy atom. The van der Waals surface area contributed by atoms with E-state index in [-0.39, 0.29) is 5.41 Å². The van der Waals surface area contributed by atoms with Gasteiger partial charge >= 0.3 is 0 Å². The van der Waals surface area contributed by atoms with Gasteiger partial charge in [0.15, 0.2) is 0 Å². The van der Waals surface area contributed by atoms with Crippen molar-refractivity contribution in [1.29, 1.82) is 0 Å².